The highest BCUT2D eigenvalue weighted by Crippen LogP contribution is 2.21. The number of anilines is 2. The normalized spacial score (nSPS) is 10.4. The van der Waals surface area contributed by atoms with Crippen molar-refractivity contribution in [3.63, 3.8) is 0 Å². The lowest BCUT2D eigenvalue weighted by molar-refractivity contribution is -0.384. The second-order valence-electron chi connectivity index (χ2n) is 5.44. The lowest BCUT2D eigenvalue weighted by Crippen LogP contribution is -2.27. The fourth-order valence-electron chi connectivity index (χ4n) is 2.34. The Balaban J connectivity index is 0.00000364. The molecule has 0 amide bonds. The van der Waals surface area contributed by atoms with Crippen LogP contribution in [-0.4, -0.2) is 57.5 Å². The summed E-state index contributed by atoms with van der Waals surface area (Å²) in [5.74, 6) is -0.367. The zero-order chi connectivity index (χ0) is 19.1. The zero-order valence-electron chi connectivity index (χ0n) is 15.4. The highest BCUT2D eigenvalue weighted by Gasteiger charge is 2.20. The SMILES string of the molecule is CCN(CC)CCn1nc(Nc2ccc([N+](=O)[O-])cc2)c(C(=O)OC)n1.Cl. The zero-order valence-corrected chi connectivity index (χ0v) is 16.2. The molecule has 1 N–H and O–H groups in total. The molecule has 0 saturated heterocycles. The molecule has 0 radical (unpaired) electrons. The molecule has 0 aliphatic rings. The predicted molar refractivity (Wildman–Crippen MR) is 103 cm³/mol. The summed E-state index contributed by atoms with van der Waals surface area (Å²) in [6, 6.07) is 5.80. The van der Waals surface area contributed by atoms with E-state index in [9.17, 15) is 14.9 Å². The predicted octanol–water partition coefficient (Wildman–Crippen LogP) is 2.48. The van der Waals surface area contributed by atoms with E-state index in [1.807, 2.05) is 0 Å². The molecule has 10 nitrogen and oxygen atoms in total. The molecular weight excluding hydrogens is 376 g/mol. The Labute approximate surface area is 163 Å². The molecule has 0 aliphatic heterocycles. The number of esters is 1. The van der Waals surface area contributed by atoms with Crippen LogP contribution >= 0.6 is 12.4 Å². The summed E-state index contributed by atoms with van der Waals surface area (Å²) in [5, 5.41) is 22.2. The van der Waals surface area contributed by atoms with Crippen molar-refractivity contribution in [2.75, 3.05) is 32.1 Å². The van der Waals surface area contributed by atoms with Crippen LogP contribution in [0.5, 0.6) is 0 Å². The number of nitro benzene ring substituents is 1. The van der Waals surface area contributed by atoms with Gasteiger partial charge >= 0.3 is 5.97 Å². The van der Waals surface area contributed by atoms with Gasteiger partial charge in [0.05, 0.1) is 18.6 Å². The fraction of sp³-hybridized carbons (Fsp3) is 0.438. The number of non-ortho nitro benzene ring substituents is 1. The number of methoxy groups -OCH3 is 1. The summed E-state index contributed by atoms with van der Waals surface area (Å²) in [5.41, 5.74) is 0.591. The van der Waals surface area contributed by atoms with Gasteiger partial charge in [-0.25, -0.2) is 4.79 Å². The summed E-state index contributed by atoms with van der Waals surface area (Å²) >= 11 is 0. The van der Waals surface area contributed by atoms with Gasteiger partial charge in [0.15, 0.2) is 5.82 Å². The summed E-state index contributed by atoms with van der Waals surface area (Å²) in [7, 11) is 1.27. The fourth-order valence-corrected chi connectivity index (χ4v) is 2.34. The van der Waals surface area contributed by atoms with Gasteiger partial charge in [0.1, 0.15) is 0 Å². The molecule has 0 fully saturated rings. The Morgan fingerprint density at radius 1 is 1.26 bits per heavy atom. The first-order valence-corrected chi connectivity index (χ1v) is 8.25. The molecule has 0 aliphatic carbocycles. The van der Waals surface area contributed by atoms with E-state index in [1.54, 1.807) is 0 Å². The van der Waals surface area contributed by atoms with Crippen molar-refractivity contribution < 1.29 is 14.5 Å². The van der Waals surface area contributed by atoms with Gasteiger partial charge in [-0.15, -0.1) is 22.6 Å². The Bertz CT molecular complexity index is 761. The molecule has 27 heavy (non-hydrogen) atoms. The molecule has 2 aromatic rings. The van der Waals surface area contributed by atoms with Crippen LogP contribution in [0.2, 0.25) is 0 Å². The van der Waals surface area contributed by atoms with E-state index < -0.39 is 10.9 Å². The van der Waals surface area contributed by atoms with Crippen molar-refractivity contribution >= 4 is 35.6 Å². The summed E-state index contributed by atoms with van der Waals surface area (Å²) in [4.78, 5) is 25.9. The second-order valence-corrected chi connectivity index (χ2v) is 5.44. The molecule has 1 aromatic carbocycles. The highest BCUT2D eigenvalue weighted by atomic mass is 35.5. The Morgan fingerprint density at radius 2 is 1.89 bits per heavy atom. The van der Waals surface area contributed by atoms with E-state index in [4.69, 9.17) is 4.74 Å². The summed E-state index contributed by atoms with van der Waals surface area (Å²) in [6.45, 7) is 7.24. The minimum atomic E-state index is -0.608. The van der Waals surface area contributed by atoms with Crippen molar-refractivity contribution in [3.8, 4) is 0 Å². The molecule has 0 spiro atoms. The molecular formula is C16H23ClN6O4. The maximum absolute atomic E-state index is 12.0. The van der Waals surface area contributed by atoms with Crippen LogP contribution in [0.15, 0.2) is 24.3 Å². The molecule has 0 unspecified atom stereocenters. The minimum Gasteiger partial charge on any atom is -0.464 e. The number of ether oxygens (including phenoxy) is 1. The van der Waals surface area contributed by atoms with Crippen molar-refractivity contribution in [1.29, 1.82) is 0 Å². The van der Waals surface area contributed by atoms with Crippen LogP contribution in [0, 0.1) is 10.1 Å². The smallest absolute Gasteiger partial charge is 0.362 e. The lowest BCUT2D eigenvalue weighted by Gasteiger charge is -2.16. The quantitative estimate of drug-likeness (QED) is 0.389. The number of nitrogens with one attached hydrogen (secondary N) is 1. The first kappa shape index (κ1) is 22.3. The standard InChI is InChI=1S/C16H22N6O4.ClH/c1-4-20(5-2)10-11-21-18-14(16(23)26-3)15(19-21)17-12-6-8-13(9-7-12)22(24)25;/h6-9H,4-5,10-11H2,1-3H3,(H,17,19);1H. The minimum absolute atomic E-state index is 0. The number of nitro groups is 1. The maximum atomic E-state index is 12.0. The largest absolute Gasteiger partial charge is 0.464 e. The number of halogens is 1. The van der Waals surface area contributed by atoms with Crippen molar-refractivity contribution in [2.24, 2.45) is 0 Å². The Hall–Kier alpha value is -2.72. The lowest BCUT2D eigenvalue weighted by atomic mass is 10.3. The number of benzene rings is 1. The second kappa shape index (κ2) is 10.4. The van der Waals surface area contributed by atoms with E-state index in [0.717, 1.165) is 19.6 Å². The van der Waals surface area contributed by atoms with E-state index in [1.165, 1.54) is 36.2 Å². The summed E-state index contributed by atoms with van der Waals surface area (Å²) in [6.07, 6.45) is 0. The third kappa shape index (κ3) is 5.90. The van der Waals surface area contributed by atoms with Gasteiger partial charge in [-0.1, -0.05) is 13.8 Å². The van der Waals surface area contributed by atoms with Gasteiger partial charge in [0, 0.05) is 24.4 Å². The number of carbonyl (C=O) groups excluding carboxylic acids is 1. The number of nitrogens with zero attached hydrogens (tertiary/aromatic N) is 5. The number of hydrogen-bond donors (Lipinski definition) is 1. The first-order valence-electron chi connectivity index (χ1n) is 8.25. The third-order valence-electron chi connectivity index (χ3n) is 3.89. The van der Waals surface area contributed by atoms with Gasteiger partial charge in [-0.05, 0) is 25.2 Å². The number of rotatable bonds is 9. The van der Waals surface area contributed by atoms with Crippen molar-refractivity contribution in [1.82, 2.24) is 19.9 Å². The van der Waals surface area contributed by atoms with Crippen LogP contribution in [0.4, 0.5) is 17.2 Å². The van der Waals surface area contributed by atoms with E-state index in [2.05, 4.69) is 34.3 Å². The van der Waals surface area contributed by atoms with Crippen LogP contribution in [0.1, 0.15) is 24.3 Å². The molecule has 11 heteroatoms. The van der Waals surface area contributed by atoms with Gasteiger partial charge in [-0.3, -0.25) is 10.1 Å². The number of hydrogen-bond acceptors (Lipinski definition) is 8. The van der Waals surface area contributed by atoms with Gasteiger partial charge in [-0.2, -0.15) is 4.80 Å². The average molecular weight is 399 g/mol. The number of likely N-dealkylation sites (N-methyl/N-ethyl adjacent to an activating group) is 1. The topological polar surface area (TPSA) is 115 Å². The van der Waals surface area contributed by atoms with Gasteiger partial charge < -0.3 is 15.0 Å². The van der Waals surface area contributed by atoms with Crippen molar-refractivity contribution in [2.45, 2.75) is 20.4 Å². The van der Waals surface area contributed by atoms with E-state index in [-0.39, 0.29) is 29.6 Å². The monoisotopic (exact) mass is 398 g/mol. The van der Waals surface area contributed by atoms with Crippen LogP contribution in [-0.2, 0) is 11.3 Å². The van der Waals surface area contributed by atoms with Crippen molar-refractivity contribution in [3.05, 3.63) is 40.1 Å². The molecule has 2 rings (SSSR count). The molecule has 1 aromatic heterocycles. The van der Waals surface area contributed by atoms with Gasteiger partial charge in [0.2, 0.25) is 5.69 Å². The number of carbonyl (C=O) groups is 1. The molecule has 0 bridgehead atoms. The van der Waals surface area contributed by atoms with E-state index >= 15 is 0 Å². The molecule has 1 heterocycles. The Kier molecular flexibility index (Phi) is 8.63. The maximum Gasteiger partial charge on any atom is 0.362 e. The Morgan fingerprint density at radius 3 is 2.41 bits per heavy atom. The summed E-state index contributed by atoms with van der Waals surface area (Å²) < 4.78 is 4.75. The third-order valence-corrected chi connectivity index (χ3v) is 3.89. The van der Waals surface area contributed by atoms with Crippen LogP contribution in [0.25, 0.3) is 0 Å². The molecule has 0 atom stereocenters. The van der Waals surface area contributed by atoms with E-state index in [0.29, 0.717) is 12.2 Å². The first-order chi connectivity index (χ1) is 12.5. The highest BCUT2D eigenvalue weighted by molar-refractivity contribution is 5.93. The van der Waals surface area contributed by atoms with Crippen LogP contribution < -0.4 is 5.32 Å². The van der Waals surface area contributed by atoms with Gasteiger partial charge in [0.25, 0.3) is 5.69 Å². The molecule has 148 valence electrons. The molecule has 0 saturated carbocycles. The average Bonchev–Trinajstić information content (AvgIpc) is 3.05. The van der Waals surface area contributed by atoms with Crippen LogP contribution in [0.3, 0.4) is 0 Å². The number of aromatic nitrogens is 3.